The molecule has 0 saturated carbocycles. The molecule has 1 N–H and O–H groups in total. The lowest BCUT2D eigenvalue weighted by molar-refractivity contribution is -0.142. The third-order valence-electron chi connectivity index (χ3n) is 3.30. The quantitative estimate of drug-likeness (QED) is 0.245. The number of nitrogens with zero attached hydrogens (tertiary/aromatic N) is 2. The molecule has 0 aliphatic heterocycles. The van der Waals surface area contributed by atoms with Crippen LogP contribution in [-0.4, -0.2) is 23.8 Å². The molecule has 0 saturated heterocycles. The van der Waals surface area contributed by atoms with E-state index < -0.39 is 39.5 Å². The van der Waals surface area contributed by atoms with E-state index in [0.29, 0.717) is 24.0 Å². The molecule has 29 heavy (non-hydrogen) atoms. The predicted molar refractivity (Wildman–Crippen MR) is 97.8 cm³/mol. The Balaban J connectivity index is 2.23. The molecule has 1 aromatic heterocycles. The van der Waals surface area contributed by atoms with Crippen molar-refractivity contribution in [2.75, 3.05) is 12.0 Å². The molecule has 0 unspecified atom stereocenters. The van der Waals surface area contributed by atoms with Crippen LogP contribution in [0.5, 0.6) is 0 Å². The fourth-order valence-electron chi connectivity index (χ4n) is 2.12. The normalized spacial score (nSPS) is 12.4. The summed E-state index contributed by atoms with van der Waals surface area (Å²) in [5, 5.41) is 5.19. The number of thiazole rings is 1. The van der Waals surface area contributed by atoms with E-state index in [-0.39, 0.29) is 18.2 Å². The molecular weight excluding hydrogens is 492 g/mol. The first-order chi connectivity index (χ1) is 13.4. The molecule has 158 valence electrons. The highest BCUT2D eigenvalue weighted by Gasteiger charge is 2.38. The van der Waals surface area contributed by atoms with E-state index in [2.05, 4.69) is 31.4 Å². The van der Waals surface area contributed by atoms with Gasteiger partial charge in [0.05, 0.1) is 36.1 Å². The molecular formula is C16H12BrF6N3O2S. The van der Waals surface area contributed by atoms with Crippen molar-refractivity contribution >= 4 is 44.6 Å². The van der Waals surface area contributed by atoms with Gasteiger partial charge in [-0.1, -0.05) is 15.9 Å². The van der Waals surface area contributed by atoms with Crippen molar-refractivity contribution in [3.05, 3.63) is 44.4 Å². The van der Waals surface area contributed by atoms with Gasteiger partial charge < -0.3 is 4.74 Å². The van der Waals surface area contributed by atoms with Crippen LogP contribution < -0.4 is 5.43 Å². The molecule has 5 nitrogen and oxygen atoms in total. The zero-order valence-corrected chi connectivity index (χ0v) is 16.9. The van der Waals surface area contributed by atoms with E-state index >= 15 is 0 Å². The zero-order valence-electron chi connectivity index (χ0n) is 14.5. The van der Waals surface area contributed by atoms with Crippen LogP contribution in [-0.2, 0) is 28.3 Å². The Morgan fingerprint density at radius 3 is 2.48 bits per heavy atom. The number of alkyl halides is 6. The molecule has 0 fully saturated rings. The first-order valence-corrected chi connectivity index (χ1v) is 9.46. The first kappa shape index (κ1) is 23.1. The fourth-order valence-corrected chi connectivity index (χ4v) is 3.34. The predicted octanol–water partition coefficient (Wildman–Crippen LogP) is 5.49. The molecule has 1 aromatic carbocycles. The SMILES string of the molecule is CCOC(=O)Cc1csc(NN=Cc2cc(C(F)(F)F)c(Br)cc2C(F)(F)F)n1. The molecule has 0 radical (unpaired) electrons. The Kier molecular flexibility index (Phi) is 7.27. The minimum atomic E-state index is -4.89. The molecule has 1 heterocycles. The van der Waals surface area contributed by atoms with Gasteiger partial charge in [-0.15, -0.1) is 11.3 Å². The summed E-state index contributed by atoms with van der Waals surface area (Å²) in [6.45, 7) is 1.84. The lowest BCUT2D eigenvalue weighted by atomic mass is 10.0. The van der Waals surface area contributed by atoms with E-state index in [1.54, 1.807) is 6.92 Å². The number of benzene rings is 1. The number of hydrazone groups is 1. The van der Waals surface area contributed by atoms with Crippen LogP contribution in [0.15, 0.2) is 27.1 Å². The number of halogens is 7. The summed E-state index contributed by atoms with van der Waals surface area (Å²) >= 11 is 3.53. The molecule has 0 spiro atoms. The van der Waals surface area contributed by atoms with Gasteiger partial charge in [0.25, 0.3) is 0 Å². The maximum Gasteiger partial charge on any atom is 0.417 e. The number of rotatable bonds is 6. The van der Waals surface area contributed by atoms with E-state index in [0.717, 1.165) is 11.3 Å². The molecule has 0 aliphatic rings. The van der Waals surface area contributed by atoms with Gasteiger partial charge in [0.2, 0.25) is 5.13 Å². The van der Waals surface area contributed by atoms with Crippen LogP contribution in [0, 0.1) is 0 Å². The smallest absolute Gasteiger partial charge is 0.417 e. The van der Waals surface area contributed by atoms with Crippen LogP contribution in [0.3, 0.4) is 0 Å². The second-order valence-corrected chi connectivity index (χ2v) is 7.12. The van der Waals surface area contributed by atoms with Crippen molar-refractivity contribution in [3.8, 4) is 0 Å². The van der Waals surface area contributed by atoms with Gasteiger partial charge in [0.15, 0.2) is 0 Å². The highest BCUT2D eigenvalue weighted by Crippen LogP contribution is 2.40. The van der Waals surface area contributed by atoms with Crippen LogP contribution in [0.25, 0.3) is 0 Å². The molecule has 2 rings (SSSR count). The summed E-state index contributed by atoms with van der Waals surface area (Å²) in [7, 11) is 0. The topological polar surface area (TPSA) is 63.6 Å². The van der Waals surface area contributed by atoms with Gasteiger partial charge in [-0.2, -0.15) is 31.4 Å². The number of aromatic nitrogens is 1. The van der Waals surface area contributed by atoms with Gasteiger partial charge in [0.1, 0.15) is 0 Å². The Labute approximate surface area is 172 Å². The number of anilines is 1. The molecule has 0 atom stereocenters. The number of esters is 1. The molecule has 13 heteroatoms. The Morgan fingerprint density at radius 2 is 1.90 bits per heavy atom. The summed E-state index contributed by atoms with van der Waals surface area (Å²) in [6.07, 6.45) is -9.22. The monoisotopic (exact) mass is 503 g/mol. The van der Waals surface area contributed by atoms with Gasteiger partial charge >= 0.3 is 18.3 Å². The molecule has 0 amide bonds. The zero-order chi connectivity index (χ0) is 21.8. The van der Waals surface area contributed by atoms with Gasteiger partial charge in [-0.3, -0.25) is 10.2 Å². The molecule has 0 bridgehead atoms. The lowest BCUT2D eigenvalue weighted by Gasteiger charge is -2.15. The van der Waals surface area contributed by atoms with Gasteiger partial charge in [0, 0.05) is 15.4 Å². The average Bonchev–Trinajstić information content (AvgIpc) is 3.01. The summed E-state index contributed by atoms with van der Waals surface area (Å²) in [6, 6.07) is 0.705. The number of ether oxygens (including phenoxy) is 1. The van der Waals surface area contributed by atoms with Crippen molar-refractivity contribution in [3.63, 3.8) is 0 Å². The Hall–Kier alpha value is -2.15. The van der Waals surface area contributed by atoms with Crippen molar-refractivity contribution in [2.45, 2.75) is 25.7 Å². The summed E-state index contributed by atoms with van der Waals surface area (Å²) in [5.74, 6) is -0.503. The standard InChI is InChI=1S/C16H12BrF6N3O2S/c1-2-28-13(27)4-9-7-29-14(25-9)26-24-6-8-3-11(16(21,22)23)12(17)5-10(8)15(18,19)20/h3,5-7H,2,4H2,1H3,(H,25,26). The van der Waals surface area contributed by atoms with E-state index in [1.165, 1.54) is 5.38 Å². The minimum absolute atomic E-state index is 0.102. The number of carbonyl (C=O) groups is 1. The van der Waals surface area contributed by atoms with Crippen LogP contribution in [0.4, 0.5) is 31.5 Å². The van der Waals surface area contributed by atoms with Crippen molar-refractivity contribution < 1.29 is 35.9 Å². The van der Waals surface area contributed by atoms with Crippen molar-refractivity contribution in [2.24, 2.45) is 5.10 Å². The average molecular weight is 504 g/mol. The van der Waals surface area contributed by atoms with Gasteiger partial charge in [-0.25, -0.2) is 4.98 Å². The summed E-state index contributed by atoms with van der Waals surface area (Å²) in [4.78, 5) is 15.4. The van der Waals surface area contributed by atoms with E-state index in [1.807, 2.05) is 0 Å². The van der Waals surface area contributed by atoms with Crippen molar-refractivity contribution in [1.82, 2.24) is 4.98 Å². The fraction of sp³-hybridized carbons (Fsp3) is 0.312. The van der Waals surface area contributed by atoms with Crippen molar-refractivity contribution in [1.29, 1.82) is 0 Å². The second-order valence-electron chi connectivity index (χ2n) is 5.41. The molecule has 2 aromatic rings. The van der Waals surface area contributed by atoms with E-state index in [4.69, 9.17) is 4.74 Å². The third kappa shape index (κ3) is 6.42. The highest BCUT2D eigenvalue weighted by atomic mass is 79.9. The maximum atomic E-state index is 13.2. The van der Waals surface area contributed by atoms with Gasteiger partial charge in [-0.05, 0) is 19.1 Å². The minimum Gasteiger partial charge on any atom is -0.466 e. The lowest BCUT2D eigenvalue weighted by Crippen LogP contribution is -2.14. The number of nitrogens with one attached hydrogen (secondary N) is 1. The maximum absolute atomic E-state index is 13.2. The third-order valence-corrected chi connectivity index (χ3v) is 4.75. The first-order valence-electron chi connectivity index (χ1n) is 7.78. The largest absolute Gasteiger partial charge is 0.466 e. The Morgan fingerprint density at radius 1 is 1.24 bits per heavy atom. The number of hydrogen-bond donors (Lipinski definition) is 1. The van der Waals surface area contributed by atoms with E-state index in [9.17, 15) is 31.1 Å². The van der Waals surface area contributed by atoms with Crippen LogP contribution in [0.1, 0.15) is 29.3 Å². The van der Waals surface area contributed by atoms with Crippen LogP contribution >= 0.6 is 27.3 Å². The summed E-state index contributed by atoms with van der Waals surface area (Å²) in [5.41, 5.74) is -0.640. The Bertz CT molecular complexity index is 911. The number of carbonyl (C=O) groups excluding carboxylic acids is 1. The second kappa shape index (κ2) is 9.11. The van der Waals surface area contributed by atoms with Crippen LogP contribution in [0.2, 0.25) is 0 Å². The number of hydrogen-bond acceptors (Lipinski definition) is 6. The summed E-state index contributed by atoms with van der Waals surface area (Å²) < 4.78 is 82.5. The highest BCUT2D eigenvalue weighted by molar-refractivity contribution is 9.10. The molecule has 0 aliphatic carbocycles.